The Morgan fingerprint density at radius 2 is 1.72 bits per heavy atom. The number of rotatable bonds is 9. The van der Waals surface area contributed by atoms with E-state index < -0.39 is 10.0 Å². The Morgan fingerprint density at radius 1 is 1.03 bits per heavy atom. The lowest BCUT2D eigenvalue weighted by Gasteiger charge is -2.06. The first-order chi connectivity index (χ1) is 15.2. The third-order valence-corrected chi connectivity index (χ3v) is 6.46. The van der Waals surface area contributed by atoms with Crippen LogP contribution in [0.1, 0.15) is 28.0 Å². The molecule has 0 aliphatic heterocycles. The van der Waals surface area contributed by atoms with E-state index in [0.29, 0.717) is 35.1 Å². The molecule has 0 atom stereocenters. The van der Waals surface area contributed by atoms with Gasteiger partial charge in [-0.2, -0.15) is 0 Å². The van der Waals surface area contributed by atoms with Crippen LogP contribution in [-0.4, -0.2) is 31.8 Å². The second-order valence-corrected chi connectivity index (χ2v) is 9.75. The van der Waals surface area contributed by atoms with Crippen molar-refractivity contribution in [3.8, 4) is 0 Å². The van der Waals surface area contributed by atoms with Crippen molar-refractivity contribution in [3.63, 3.8) is 0 Å². The Balaban J connectivity index is 1.40. The highest BCUT2D eigenvalue weighted by atomic mass is 35.5. The number of hydrogen-bond donors (Lipinski definition) is 3. The van der Waals surface area contributed by atoms with Crippen LogP contribution in [0.25, 0.3) is 0 Å². The van der Waals surface area contributed by atoms with Crippen LogP contribution < -0.4 is 15.8 Å². The molecule has 0 aliphatic rings. The van der Waals surface area contributed by atoms with E-state index in [1.165, 1.54) is 23.5 Å². The smallest absolute Gasteiger partial charge is 0.257 e. The lowest BCUT2D eigenvalue weighted by Crippen LogP contribution is -2.25. The van der Waals surface area contributed by atoms with Crippen molar-refractivity contribution in [2.45, 2.75) is 24.2 Å². The summed E-state index contributed by atoms with van der Waals surface area (Å²) >= 11 is 7.12. The first-order valence-corrected chi connectivity index (χ1v) is 12.4. The van der Waals surface area contributed by atoms with Crippen LogP contribution in [0, 0.1) is 0 Å². The van der Waals surface area contributed by atoms with Gasteiger partial charge in [-0.3, -0.25) is 14.9 Å². The van der Waals surface area contributed by atoms with Crippen LogP contribution in [0.15, 0.2) is 58.8 Å². The van der Waals surface area contributed by atoms with Crippen molar-refractivity contribution in [2.24, 2.45) is 5.14 Å². The zero-order valence-corrected chi connectivity index (χ0v) is 19.3. The van der Waals surface area contributed by atoms with Crippen LogP contribution >= 0.6 is 22.9 Å². The highest BCUT2D eigenvalue weighted by Crippen LogP contribution is 2.18. The van der Waals surface area contributed by atoms with E-state index in [0.717, 1.165) is 11.3 Å². The lowest BCUT2D eigenvalue weighted by molar-refractivity contribution is -0.121. The standard InChI is InChI=1S/C21H21ClN4O4S2/c22-16-5-3-15(4-6-16)20(28)26-21-25-17(13-31-21)7-10-19(27)24-12-11-14-1-8-18(9-2-14)32(23,29)30/h1-6,8-9,13H,7,10-12H2,(H,24,27)(H2,23,29,30)(H,25,26,28). The van der Waals surface area contributed by atoms with Crippen LogP contribution in [0.3, 0.4) is 0 Å². The van der Waals surface area contributed by atoms with Crippen molar-refractivity contribution >= 4 is 49.9 Å². The average molecular weight is 493 g/mol. The van der Waals surface area contributed by atoms with Crippen LogP contribution in [-0.2, 0) is 27.7 Å². The molecule has 1 heterocycles. The van der Waals surface area contributed by atoms with E-state index >= 15 is 0 Å². The number of benzene rings is 2. The van der Waals surface area contributed by atoms with Gasteiger partial charge in [0, 0.05) is 28.9 Å². The molecule has 3 rings (SSSR count). The minimum atomic E-state index is -3.71. The maximum atomic E-state index is 12.2. The molecule has 0 fully saturated rings. The minimum Gasteiger partial charge on any atom is -0.356 e. The van der Waals surface area contributed by atoms with Crippen molar-refractivity contribution in [3.05, 3.63) is 75.8 Å². The summed E-state index contributed by atoms with van der Waals surface area (Å²) in [5.74, 6) is -0.400. The van der Waals surface area contributed by atoms with Crippen LogP contribution in [0.2, 0.25) is 5.02 Å². The number of thiazole rings is 1. The van der Waals surface area contributed by atoms with Gasteiger partial charge in [-0.05, 0) is 54.8 Å². The Morgan fingerprint density at radius 3 is 2.38 bits per heavy atom. The first kappa shape index (κ1) is 23.9. The molecule has 2 amide bonds. The molecule has 4 N–H and O–H groups in total. The Bertz CT molecular complexity index is 1190. The maximum absolute atomic E-state index is 12.2. The van der Waals surface area contributed by atoms with Gasteiger partial charge in [0.25, 0.3) is 5.91 Å². The molecule has 168 valence electrons. The molecule has 2 aromatic carbocycles. The van der Waals surface area contributed by atoms with Gasteiger partial charge < -0.3 is 5.32 Å². The Labute approximate surface area is 194 Å². The molecule has 0 radical (unpaired) electrons. The van der Waals surface area contributed by atoms with Gasteiger partial charge in [0.2, 0.25) is 15.9 Å². The summed E-state index contributed by atoms with van der Waals surface area (Å²) in [7, 11) is -3.71. The van der Waals surface area contributed by atoms with Crippen molar-refractivity contribution in [1.82, 2.24) is 10.3 Å². The second kappa shape index (κ2) is 10.7. The monoisotopic (exact) mass is 492 g/mol. The first-order valence-electron chi connectivity index (χ1n) is 9.60. The molecule has 0 spiro atoms. The normalized spacial score (nSPS) is 11.2. The molecule has 1 aromatic heterocycles. The number of nitrogens with two attached hydrogens (primary N) is 1. The van der Waals surface area contributed by atoms with Gasteiger partial charge in [-0.1, -0.05) is 23.7 Å². The third-order valence-electron chi connectivity index (χ3n) is 4.47. The van der Waals surface area contributed by atoms with E-state index in [4.69, 9.17) is 16.7 Å². The lowest BCUT2D eigenvalue weighted by atomic mass is 10.1. The maximum Gasteiger partial charge on any atom is 0.257 e. The number of primary sulfonamides is 1. The molecule has 0 saturated heterocycles. The van der Waals surface area contributed by atoms with Crippen molar-refractivity contribution in [1.29, 1.82) is 0 Å². The number of nitrogens with one attached hydrogen (secondary N) is 2. The third kappa shape index (κ3) is 7.13. The molecule has 0 aliphatic carbocycles. The van der Waals surface area contributed by atoms with Crippen LogP contribution in [0.4, 0.5) is 5.13 Å². The number of hydrogen-bond acceptors (Lipinski definition) is 6. The number of carbonyl (C=O) groups excluding carboxylic acids is 2. The number of amides is 2. The fourth-order valence-electron chi connectivity index (χ4n) is 2.77. The molecule has 0 saturated carbocycles. The summed E-state index contributed by atoms with van der Waals surface area (Å²) < 4.78 is 22.5. The summed E-state index contributed by atoms with van der Waals surface area (Å²) in [5, 5.41) is 13.4. The Kier molecular flexibility index (Phi) is 7.97. The number of carbonyl (C=O) groups is 2. The average Bonchev–Trinajstić information content (AvgIpc) is 3.20. The molecule has 0 bridgehead atoms. The number of sulfonamides is 1. The molecule has 0 unspecified atom stereocenters. The fourth-order valence-corrected chi connectivity index (χ4v) is 4.15. The summed E-state index contributed by atoms with van der Waals surface area (Å²) in [5.41, 5.74) is 2.08. The van der Waals surface area contributed by atoms with Gasteiger partial charge in [0.1, 0.15) is 0 Å². The molecular formula is C21H21ClN4O4S2. The van der Waals surface area contributed by atoms with E-state index in [9.17, 15) is 18.0 Å². The predicted octanol–water partition coefficient (Wildman–Crippen LogP) is 2.99. The number of aryl methyl sites for hydroxylation is 1. The largest absolute Gasteiger partial charge is 0.356 e. The van der Waals surface area contributed by atoms with Crippen molar-refractivity contribution in [2.75, 3.05) is 11.9 Å². The summed E-state index contributed by atoms with van der Waals surface area (Å²) in [6.45, 7) is 0.424. The summed E-state index contributed by atoms with van der Waals surface area (Å²) in [4.78, 5) is 28.7. The predicted molar refractivity (Wildman–Crippen MR) is 124 cm³/mol. The fraction of sp³-hybridized carbons (Fsp3) is 0.190. The molecule has 11 heteroatoms. The van der Waals surface area contributed by atoms with Crippen molar-refractivity contribution < 1.29 is 18.0 Å². The zero-order chi connectivity index (χ0) is 23.1. The second-order valence-electron chi connectivity index (χ2n) is 6.89. The molecular weight excluding hydrogens is 472 g/mol. The molecule has 3 aromatic rings. The number of nitrogens with zero attached hydrogens (tertiary/aromatic N) is 1. The Hall–Kier alpha value is -2.79. The van der Waals surface area contributed by atoms with E-state index in [2.05, 4.69) is 15.6 Å². The number of aromatic nitrogens is 1. The topological polar surface area (TPSA) is 131 Å². The zero-order valence-electron chi connectivity index (χ0n) is 16.9. The van der Waals surface area contributed by atoms with E-state index in [-0.39, 0.29) is 23.1 Å². The number of anilines is 1. The molecule has 32 heavy (non-hydrogen) atoms. The van der Waals surface area contributed by atoms with E-state index in [1.807, 2.05) is 0 Å². The van der Waals surface area contributed by atoms with Gasteiger partial charge in [-0.15, -0.1) is 11.3 Å². The molecule has 8 nitrogen and oxygen atoms in total. The SMILES string of the molecule is NS(=O)(=O)c1ccc(CCNC(=O)CCc2csc(NC(=O)c3ccc(Cl)cc3)n2)cc1. The van der Waals surface area contributed by atoms with E-state index in [1.54, 1.807) is 41.8 Å². The summed E-state index contributed by atoms with van der Waals surface area (Å²) in [6, 6.07) is 12.8. The van der Waals surface area contributed by atoms with Gasteiger partial charge >= 0.3 is 0 Å². The van der Waals surface area contributed by atoms with Gasteiger partial charge in [0.05, 0.1) is 10.6 Å². The van der Waals surface area contributed by atoms with Gasteiger partial charge in [0.15, 0.2) is 5.13 Å². The quantitative estimate of drug-likeness (QED) is 0.422. The highest BCUT2D eigenvalue weighted by molar-refractivity contribution is 7.89. The highest BCUT2D eigenvalue weighted by Gasteiger charge is 2.11. The minimum absolute atomic E-state index is 0.0530. The van der Waals surface area contributed by atoms with Crippen LogP contribution in [0.5, 0.6) is 0 Å². The number of halogens is 1. The van der Waals surface area contributed by atoms with Gasteiger partial charge in [-0.25, -0.2) is 18.5 Å². The summed E-state index contributed by atoms with van der Waals surface area (Å²) in [6.07, 6.45) is 1.27.